The van der Waals surface area contributed by atoms with Crippen molar-refractivity contribution >= 4 is 10.0 Å². The zero-order valence-electron chi connectivity index (χ0n) is 11.6. The molecule has 1 fully saturated rings. The lowest BCUT2D eigenvalue weighted by atomic mass is 10.1. The summed E-state index contributed by atoms with van der Waals surface area (Å²) in [7, 11) is -3.20. The minimum Gasteiger partial charge on any atom is -0.474 e. The van der Waals surface area contributed by atoms with Gasteiger partial charge in [0.15, 0.2) is 0 Å². The van der Waals surface area contributed by atoms with Gasteiger partial charge in [-0.1, -0.05) is 6.07 Å². The van der Waals surface area contributed by atoms with Gasteiger partial charge < -0.3 is 4.74 Å². The average molecular weight is 302 g/mol. The molecule has 1 aliphatic rings. The highest BCUT2D eigenvalue weighted by Gasteiger charge is 2.30. The molecule has 0 unspecified atom stereocenters. The molecule has 1 aromatic rings. The zero-order chi connectivity index (χ0) is 14.8. The van der Waals surface area contributed by atoms with Crippen LogP contribution in [0.25, 0.3) is 0 Å². The van der Waals surface area contributed by atoms with E-state index in [9.17, 15) is 12.8 Å². The van der Waals surface area contributed by atoms with E-state index in [4.69, 9.17) is 4.74 Å². The largest absolute Gasteiger partial charge is 0.474 e. The van der Waals surface area contributed by atoms with Gasteiger partial charge in [0.1, 0.15) is 6.10 Å². The maximum Gasteiger partial charge on any atom is 0.216 e. The van der Waals surface area contributed by atoms with Crippen LogP contribution in [0.4, 0.5) is 4.39 Å². The van der Waals surface area contributed by atoms with Crippen molar-refractivity contribution in [2.75, 3.05) is 13.1 Å². The van der Waals surface area contributed by atoms with Crippen LogP contribution in [-0.4, -0.2) is 42.2 Å². The normalized spacial score (nSPS) is 18.4. The highest BCUT2D eigenvalue weighted by molar-refractivity contribution is 7.89. The molecule has 5 nitrogen and oxygen atoms in total. The van der Waals surface area contributed by atoms with Crippen LogP contribution in [0.5, 0.6) is 5.88 Å². The van der Waals surface area contributed by atoms with Gasteiger partial charge in [0.05, 0.1) is 5.25 Å². The van der Waals surface area contributed by atoms with Crippen molar-refractivity contribution in [2.24, 2.45) is 0 Å². The van der Waals surface area contributed by atoms with Gasteiger partial charge in [-0.05, 0) is 32.8 Å². The number of aromatic nitrogens is 1. The smallest absolute Gasteiger partial charge is 0.216 e. The van der Waals surface area contributed by atoms with Gasteiger partial charge in [-0.25, -0.2) is 12.7 Å². The van der Waals surface area contributed by atoms with Crippen LogP contribution < -0.4 is 4.74 Å². The minimum absolute atomic E-state index is 0.122. The van der Waals surface area contributed by atoms with E-state index in [0.717, 1.165) is 0 Å². The molecular weight excluding hydrogens is 283 g/mol. The maximum absolute atomic E-state index is 12.9. The van der Waals surface area contributed by atoms with Crippen molar-refractivity contribution in [3.05, 3.63) is 24.1 Å². The van der Waals surface area contributed by atoms with Crippen molar-refractivity contribution < 1.29 is 17.5 Å². The second-order valence-corrected chi connectivity index (χ2v) is 7.60. The van der Waals surface area contributed by atoms with E-state index in [1.807, 2.05) is 0 Å². The molecule has 0 bridgehead atoms. The quantitative estimate of drug-likeness (QED) is 0.796. The fourth-order valence-electron chi connectivity index (χ4n) is 2.13. The summed E-state index contributed by atoms with van der Waals surface area (Å²) < 4.78 is 44.1. The molecule has 0 spiro atoms. The number of hydrogen-bond acceptors (Lipinski definition) is 4. The van der Waals surface area contributed by atoms with Gasteiger partial charge in [-0.3, -0.25) is 0 Å². The van der Waals surface area contributed by atoms with Crippen LogP contribution in [-0.2, 0) is 10.0 Å². The third kappa shape index (κ3) is 3.46. The standard InChI is InChI=1S/C13H19FN2O3S/c1-10(2)20(17,18)16-8-6-11(7-9-16)19-13-5-3-4-12(14)15-13/h3-5,10-11H,6-9H2,1-2H3. The highest BCUT2D eigenvalue weighted by Crippen LogP contribution is 2.20. The van der Waals surface area contributed by atoms with Crippen molar-refractivity contribution in [3.63, 3.8) is 0 Å². The monoisotopic (exact) mass is 302 g/mol. The lowest BCUT2D eigenvalue weighted by Crippen LogP contribution is -2.44. The first kappa shape index (κ1) is 15.2. The third-order valence-corrected chi connectivity index (χ3v) is 5.61. The Labute approximate surface area is 118 Å². The van der Waals surface area contributed by atoms with Crippen LogP contribution in [0.1, 0.15) is 26.7 Å². The molecule has 1 aliphatic heterocycles. The fraction of sp³-hybridized carbons (Fsp3) is 0.615. The molecule has 1 aromatic heterocycles. The number of nitrogens with zero attached hydrogens (tertiary/aromatic N) is 2. The first-order valence-electron chi connectivity index (χ1n) is 6.68. The topological polar surface area (TPSA) is 59.5 Å². The Bertz CT molecular complexity index is 554. The van der Waals surface area contributed by atoms with E-state index in [2.05, 4.69) is 4.98 Å². The summed E-state index contributed by atoms with van der Waals surface area (Å²) in [6.45, 7) is 4.21. The molecule has 20 heavy (non-hydrogen) atoms. The summed E-state index contributed by atoms with van der Waals surface area (Å²) in [5.74, 6) is -0.336. The Kier molecular flexibility index (Phi) is 4.59. The van der Waals surface area contributed by atoms with Gasteiger partial charge in [0, 0.05) is 19.2 Å². The molecule has 0 radical (unpaired) electrons. The number of hydrogen-bond donors (Lipinski definition) is 0. The van der Waals surface area contributed by atoms with Crippen LogP contribution in [0, 0.1) is 5.95 Å². The van der Waals surface area contributed by atoms with E-state index in [-0.39, 0.29) is 12.0 Å². The molecule has 7 heteroatoms. The Morgan fingerprint density at radius 3 is 2.55 bits per heavy atom. The van der Waals surface area contributed by atoms with Gasteiger partial charge in [-0.2, -0.15) is 9.37 Å². The molecule has 2 rings (SSSR count). The number of sulfonamides is 1. The molecule has 0 N–H and O–H groups in total. The molecule has 0 aliphatic carbocycles. The van der Waals surface area contributed by atoms with Gasteiger partial charge in [-0.15, -0.1) is 0 Å². The van der Waals surface area contributed by atoms with Crippen molar-refractivity contribution in [3.8, 4) is 5.88 Å². The summed E-state index contributed by atoms with van der Waals surface area (Å²) in [6, 6.07) is 4.39. The Morgan fingerprint density at radius 1 is 1.35 bits per heavy atom. The SMILES string of the molecule is CC(C)S(=O)(=O)N1CCC(Oc2cccc(F)n2)CC1. The van der Waals surface area contributed by atoms with E-state index in [1.165, 1.54) is 16.4 Å². The van der Waals surface area contributed by atoms with E-state index < -0.39 is 21.2 Å². The van der Waals surface area contributed by atoms with Crippen molar-refractivity contribution in [1.82, 2.24) is 9.29 Å². The second-order valence-electron chi connectivity index (χ2n) is 5.11. The Morgan fingerprint density at radius 2 is 2.00 bits per heavy atom. The molecule has 112 valence electrons. The Hall–Kier alpha value is -1.21. The number of pyridine rings is 1. The van der Waals surface area contributed by atoms with Gasteiger partial charge in [0.2, 0.25) is 21.9 Å². The second kappa shape index (κ2) is 6.05. The molecule has 2 heterocycles. The third-order valence-electron chi connectivity index (χ3n) is 3.33. The number of piperidine rings is 1. The van der Waals surface area contributed by atoms with E-state index >= 15 is 0 Å². The number of ether oxygens (including phenoxy) is 1. The summed E-state index contributed by atoms with van der Waals surface area (Å²) >= 11 is 0. The lowest BCUT2D eigenvalue weighted by Gasteiger charge is -2.32. The van der Waals surface area contributed by atoms with E-state index in [1.54, 1.807) is 19.9 Å². The highest BCUT2D eigenvalue weighted by atomic mass is 32.2. The summed E-state index contributed by atoms with van der Waals surface area (Å²) in [6.07, 6.45) is 1.05. The van der Waals surface area contributed by atoms with E-state index in [0.29, 0.717) is 25.9 Å². The average Bonchev–Trinajstić information content (AvgIpc) is 2.39. The lowest BCUT2D eigenvalue weighted by molar-refractivity contribution is 0.128. The predicted molar refractivity (Wildman–Crippen MR) is 73.5 cm³/mol. The van der Waals surface area contributed by atoms with Gasteiger partial charge >= 0.3 is 0 Å². The Balaban J connectivity index is 1.92. The molecular formula is C13H19FN2O3S. The number of rotatable bonds is 4. The minimum atomic E-state index is -3.20. The zero-order valence-corrected chi connectivity index (χ0v) is 12.4. The maximum atomic E-state index is 12.9. The molecule has 0 saturated carbocycles. The number of halogens is 1. The summed E-state index contributed by atoms with van der Waals surface area (Å²) in [5, 5.41) is -0.412. The molecule has 0 aromatic carbocycles. The van der Waals surface area contributed by atoms with Crippen LogP contribution >= 0.6 is 0 Å². The van der Waals surface area contributed by atoms with Crippen LogP contribution in [0.3, 0.4) is 0 Å². The van der Waals surface area contributed by atoms with Crippen molar-refractivity contribution in [1.29, 1.82) is 0 Å². The van der Waals surface area contributed by atoms with Crippen LogP contribution in [0.15, 0.2) is 18.2 Å². The first-order chi connectivity index (χ1) is 9.39. The fourth-order valence-corrected chi connectivity index (χ4v) is 3.44. The van der Waals surface area contributed by atoms with Crippen molar-refractivity contribution in [2.45, 2.75) is 38.0 Å². The summed E-state index contributed by atoms with van der Waals surface area (Å²) in [4.78, 5) is 3.64. The first-order valence-corrected chi connectivity index (χ1v) is 8.18. The molecule has 1 saturated heterocycles. The predicted octanol–water partition coefficient (Wildman–Crippen LogP) is 1.80. The molecule has 0 amide bonds. The van der Waals surface area contributed by atoms with Crippen LogP contribution in [0.2, 0.25) is 0 Å². The summed E-state index contributed by atoms with van der Waals surface area (Å²) in [5.41, 5.74) is 0. The molecule has 0 atom stereocenters. The van der Waals surface area contributed by atoms with Gasteiger partial charge in [0.25, 0.3) is 0 Å².